The van der Waals surface area contributed by atoms with Gasteiger partial charge in [-0.25, -0.2) is 0 Å². The van der Waals surface area contributed by atoms with Crippen molar-refractivity contribution in [2.24, 2.45) is 5.10 Å². The molecule has 0 saturated carbocycles. The molecular weight excluding hydrogens is 324 g/mol. The maximum atomic E-state index is 12.2. The molecular formula is C18H14N2O5. The van der Waals surface area contributed by atoms with E-state index in [1.54, 1.807) is 42.5 Å². The van der Waals surface area contributed by atoms with Crippen molar-refractivity contribution in [3.63, 3.8) is 0 Å². The van der Waals surface area contributed by atoms with E-state index in [0.717, 1.165) is 5.01 Å². The van der Waals surface area contributed by atoms with Gasteiger partial charge in [-0.15, -0.1) is 0 Å². The molecule has 2 aromatic carbocycles. The number of benzene rings is 2. The highest BCUT2D eigenvalue weighted by molar-refractivity contribution is 6.21. The Labute approximate surface area is 143 Å². The van der Waals surface area contributed by atoms with Gasteiger partial charge in [0.25, 0.3) is 11.8 Å². The van der Waals surface area contributed by atoms with Gasteiger partial charge in [0.15, 0.2) is 11.5 Å². The van der Waals surface area contributed by atoms with Crippen molar-refractivity contribution in [1.82, 2.24) is 5.01 Å². The first-order valence-electron chi connectivity index (χ1n) is 7.39. The number of rotatable bonds is 4. The summed E-state index contributed by atoms with van der Waals surface area (Å²) in [5, 5.41) is 4.80. The number of hydrazone groups is 1. The van der Waals surface area contributed by atoms with Crippen molar-refractivity contribution in [3.05, 3.63) is 59.2 Å². The molecule has 0 aromatic heterocycles. The molecule has 1 aliphatic heterocycles. The fraction of sp³-hybridized carbons (Fsp3) is 0.111. The maximum absolute atomic E-state index is 12.2. The first-order valence-corrected chi connectivity index (χ1v) is 7.39. The summed E-state index contributed by atoms with van der Waals surface area (Å²) in [5.41, 5.74) is 1.23. The van der Waals surface area contributed by atoms with Crippen LogP contribution in [-0.4, -0.2) is 36.1 Å². The Morgan fingerprint density at radius 2 is 1.68 bits per heavy atom. The Hall–Kier alpha value is -3.48. The van der Waals surface area contributed by atoms with E-state index in [1.807, 2.05) is 0 Å². The Morgan fingerprint density at radius 1 is 1.04 bits per heavy atom. The number of hydrogen-bond acceptors (Lipinski definition) is 6. The van der Waals surface area contributed by atoms with Gasteiger partial charge >= 0.3 is 5.97 Å². The first-order chi connectivity index (χ1) is 12.0. The quantitative estimate of drug-likeness (QED) is 0.369. The molecule has 126 valence electrons. The molecule has 0 bridgehead atoms. The van der Waals surface area contributed by atoms with Crippen LogP contribution in [0.5, 0.6) is 11.5 Å². The van der Waals surface area contributed by atoms with Gasteiger partial charge in [0, 0.05) is 6.92 Å². The second kappa shape index (κ2) is 6.56. The Morgan fingerprint density at radius 3 is 2.24 bits per heavy atom. The third kappa shape index (κ3) is 3.12. The number of nitrogens with zero attached hydrogens (tertiary/aromatic N) is 2. The minimum Gasteiger partial charge on any atom is -0.493 e. The van der Waals surface area contributed by atoms with Crippen molar-refractivity contribution >= 4 is 24.0 Å². The summed E-state index contributed by atoms with van der Waals surface area (Å²) in [6, 6.07) is 11.3. The Balaban J connectivity index is 1.85. The van der Waals surface area contributed by atoms with Gasteiger partial charge in [-0.2, -0.15) is 10.1 Å². The van der Waals surface area contributed by atoms with Gasteiger partial charge in [0.1, 0.15) is 0 Å². The van der Waals surface area contributed by atoms with Crippen LogP contribution < -0.4 is 9.47 Å². The molecule has 7 heteroatoms. The fourth-order valence-electron chi connectivity index (χ4n) is 2.41. The lowest BCUT2D eigenvalue weighted by atomic mass is 10.1. The van der Waals surface area contributed by atoms with Gasteiger partial charge in [0.2, 0.25) is 0 Å². The molecule has 7 nitrogen and oxygen atoms in total. The minimum absolute atomic E-state index is 0.271. The molecule has 1 aliphatic rings. The second-order valence-electron chi connectivity index (χ2n) is 5.22. The van der Waals surface area contributed by atoms with Crippen LogP contribution >= 0.6 is 0 Å². The molecule has 2 aromatic rings. The molecule has 0 unspecified atom stereocenters. The molecule has 0 N–H and O–H groups in total. The lowest BCUT2D eigenvalue weighted by Crippen LogP contribution is -2.24. The Bertz CT molecular complexity index is 869. The summed E-state index contributed by atoms with van der Waals surface area (Å²) in [6.07, 6.45) is 1.36. The zero-order valence-electron chi connectivity index (χ0n) is 13.6. The highest BCUT2D eigenvalue weighted by Crippen LogP contribution is 2.28. The third-order valence-corrected chi connectivity index (χ3v) is 3.54. The maximum Gasteiger partial charge on any atom is 0.308 e. The molecule has 1 heterocycles. The number of amides is 2. The third-order valence-electron chi connectivity index (χ3n) is 3.54. The van der Waals surface area contributed by atoms with Crippen LogP contribution in [0, 0.1) is 0 Å². The number of imide groups is 1. The number of esters is 1. The van der Waals surface area contributed by atoms with Crippen LogP contribution in [0.1, 0.15) is 33.2 Å². The van der Waals surface area contributed by atoms with Crippen molar-refractivity contribution in [2.45, 2.75) is 6.92 Å². The fourth-order valence-corrected chi connectivity index (χ4v) is 2.41. The van der Waals surface area contributed by atoms with Crippen molar-refractivity contribution < 1.29 is 23.9 Å². The lowest BCUT2D eigenvalue weighted by molar-refractivity contribution is -0.132. The van der Waals surface area contributed by atoms with E-state index in [0.29, 0.717) is 22.4 Å². The van der Waals surface area contributed by atoms with E-state index < -0.39 is 17.8 Å². The predicted molar refractivity (Wildman–Crippen MR) is 88.8 cm³/mol. The molecule has 0 fully saturated rings. The number of methoxy groups -OCH3 is 1. The molecule has 0 aliphatic carbocycles. The van der Waals surface area contributed by atoms with Crippen LogP contribution in [0.15, 0.2) is 47.6 Å². The van der Waals surface area contributed by atoms with Crippen LogP contribution in [0.25, 0.3) is 0 Å². The smallest absolute Gasteiger partial charge is 0.308 e. The van der Waals surface area contributed by atoms with Crippen LogP contribution in [0.2, 0.25) is 0 Å². The average Bonchev–Trinajstić information content (AvgIpc) is 2.85. The molecule has 2 amide bonds. The molecule has 0 atom stereocenters. The average molecular weight is 338 g/mol. The highest BCUT2D eigenvalue weighted by atomic mass is 16.6. The van der Waals surface area contributed by atoms with Gasteiger partial charge in [-0.3, -0.25) is 14.4 Å². The van der Waals surface area contributed by atoms with Crippen molar-refractivity contribution in [2.75, 3.05) is 7.11 Å². The normalized spacial score (nSPS) is 13.3. The first kappa shape index (κ1) is 16.4. The van der Waals surface area contributed by atoms with Crippen LogP contribution in [-0.2, 0) is 4.79 Å². The number of carbonyl (C=O) groups excluding carboxylic acids is 3. The van der Waals surface area contributed by atoms with Crippen LogP contribution in [0.4, 0.5) is 0 Å². The molecule has 3 rings (SSSR count). The topological polar surface area (TPSA) is 85.3 Å². The molecule has 0 saturated heterocycles. The zero-order valence-corrected chi connectivity index (χ0v) is 13.6. The summed E-state index contributed by atoms with van der Waals surface area (Å²) in [5.74, 6) is -0.805. The predicted octanol–water partition coefficient (Wildman–Crippen LogP) is 2.25. The van der Waals surface area contributed by atoms with E-state index >= 15 is 0 Å². The standard InChI is InChI=1S/C18H14N2O5/c1-11(21)25-15-8-7-12(9-16(15)24-2)10-19-20-17(22)13-5-3-4-6-14(13)18(20)23/h3-10H,1-2H3/b19-10-. The number of fused-ring (bicyclic) bond motifs is 1. The summed E-state index contributed by atoms with van der Waals surface area (Å²) >= 11 is 0. The molecule has 25 heavy (non-hydrogen) atoms. The van der Waals surface area contributed by atoms with Gasteiger partial charge in [-0.1, -0.05) is 12.1 Å². The SMILES string of the molecule is COc1cc(/C=N\N2C(=O)c3ccccc3C2=O)ccc1OC(C)=O. The van der Waals surface area contributed by atoms with E-state index in [2.05, 4.69) is 5.10 Å². The molecule has 0 spiro atoms. The van der Waals surface area contributed by atoms with Gasteiger partial charge in [0.05, 0.1) is 24.5 Å². The van der Waals surface area contributed by atoms with E-state index in [9.17, 15) is 14.4 Å². The molecule has 0 radical (unpaired) electrons. The van der Waals surface area contributed by atoms with Crippen LogP contribution in [0.3, 0.4) is 0 Å². The summed E-state index contributed by atoms with van der Waals surface area (Å²) in [6.45, 7) is 1.29. The van der Waals surface area contributed by atoms with E-state index in [1.165, 1.54) is 20.2 Å². The number of carbonyl (C=O) groups is 3. The number of ether oxygens (including phenoxy) is 2. The summed E-state index contributed by atoms with van der Waals surface area (Å²) in [4.78, 5) is 35.5. The summed E-state index contributed by atoms with van der Waals surface area (Å²) < 4.78 is 10.2. The lowest BCUT2D eigenvalue weighted by Gasteiger charge is -2.09. The monoisotopic (exact) mass is 338 g/mol. The highest BCUT2D eigenvalue weighted by Gasteiger charge is 2.35. The number of hydrogen-bond donors (Lipinski definition) is 0. The van der Waals surface area contributed by atoms with E-state index in [4.69, 9.17) is 9.47 Å². The van der Waals surface area contributed by atoms with Crippen molar-refractivity contribution in [1.29, 1.82) is 0 Å². The second-order valence-corrected chi connectivity index (χ2v) is 5.22. The summed E-state index contributed by atoms with van der Waals surface area (Å²) in [7, 11) is 1.44. The minimum atomic E-state index is -0.472. The van der Waals surface area contributed by atoms with E-state index in [-0.39, 0.29) is 5.75 Å². The largest absolute Gasteiger partial charge is 0.493 e. The zero-order chi connectivity index (χ0) is 18.0. The Kier molecular flexibility index (Phi) is 4.30. The van der Waals surface area contributed by atoms with Crippen molar-refractivity contribution in [3.8, 4) is 11.5 Å². The van der Waals surface area contributed by atoms with Gasteiger partial charge in [-0.05, 0) is 35.9 Å². The van der Waals surface area contributed by atoms with Gasteiger partial charge < -0.3 is 9.47 Å².